The Morgan fingerprint density at radius 2 is 1.86 bits per heavy atom. The lowest BCUT2D eigenvalue weighted by atomic mass is 10.1. The summed E-state index contributed by atoms with van der Waals surface area (Å²) in [6, 6.07) is 7.94. The number of nitrogens with zero attached hydrogens (tertiary/aromatic N) is 2. The van der Waals surface area contributed by atoms with Crippen molar-refractivity contribution in [3.63, 3.8) is 0 Å². The maximum atomic E-state index is 12.3. The van der Waals surface area contributed by atoms with Crippen molar-refractivity contribution in [2.75, 3.05) is 26.2 Å². The minimum Gasteiger partial charge on any atom is -0.340 e. The number of amides is 1. The Balaban J connectivity index is 1.56. The first-order chi connectivity index (χ1) is 10.5. The molecule has 1 aromatic carbocycles. The van der Waals surface area contributed by atoms with E-state index in [4.69, 9.17) is 0 Å². The maximum absolute atomic E-state index is 12.3. The van der Waals surface area contributed by atoms with E-state index in [1.165, 1.54) is 0 Å². The Morgan fingerprint density at radius 1 is 1.18 bits per heavy atom. The van der Waals surface area contributed by atoms with Gasteiger partial charge in [-0.25, -0.2) is 8.42 Å². The van der Waals surface area contributed by atoms with Crippen molar-refractivity contribution in [3.05, 3.63) is 35.4 Å². The van der Waals surface area contributed by atoms with Crippen molar-refractivity contribution < 1.29 is 13.2 Å². The predicted molar refractivity (Wildman–Crippen MR) is 85.0 cm³/mol. The fourth-order valence-corrected chi connectivity index (χ4v) is 4.70. The molecule has 2 aliphatic rings. The maximum Gasteiger partial charge on any atom is 0.227 e. The van der Waals surface area contributed by atoms with Gasteiger partial charge in [0.25, 0.3) is 0 Å². The van der Waals surface area contributed by atoms with Crippen LogP contribution in [0.25, 0.3) is 0 Å². The highest BCUT2D eigenvalue weighted by atomic mass is 32.2. The molecule has 1 heterocycles. The van der Waals surface area contributed by atoms with E-state index in [0.717, 1.165) is 24.0 Å². The second kappa shape index (κ2) is 6.01. The van der Waals surface area contributed by atoms with E-state index in [1.807, 2.05) is 31.2 Å². The van der Waals surface area contributed by atoms with Crippen LogP contribution in [0.4, 0.5) is 0 Å². The summed E-state index contributed by atoms with van der Waals surface area (Å²) in [5.74, 6) is 0.0778. The lowest BCUT2D eigenvalue weighted by Gasteiger charge is -2.34. The molecule has 2 fully saturated rings. The van der Waals surface area contributed by atoms with Crippen LogP contribution in [0.15, 0.2) is 24.3 Å². The number of aryl methyl sites for hydroxylation is 1. The number of carbonyl (C=O) groups excluding carboxylic acids is 1. The van der Waals surface area contributed by atoms with E-state index in [2.05, 4.69) is 0 Å². The molecule has 0 aromatic heterocycles. The summed E-state index contributed by atoms with van der Waals surface area (Å²) >= 11 is 0. The molecule has 1 aliphatic carbocycles. The Bertz CT molecular complexity index is 660. The summed E-state index contributed by atoms with van der Waals surface area (Å²) in [5.41, 5.74) is 2.16. The van der Waals surface area contributed by atoms with Gasteiger partial charge in [0.15, 0.2) is 0 Å². The molecule has 0 N–H and O–H groups in total. The van der Waals surface area contributed by atoms with Gasteiger partial charge in [-0.1, -0.05) is 29.8 Å². The summed E-state index contributed by atoms with van der Waals surface area (Å²) in [5, 5.41) is -0.165. The van der Waals surface area contributed by atoms with E-state index in [0.29, 0.717) is 32.6 Å². The van der Waals surface area contributed by atoms with Crippen molar-refractivity contribution in [2.24, 2.45) is 0 Å². The van der Waals surface area contributed by atoms with Crippen LogP contribution in [0.3, 0.4) is 0 Å². The first-order valence-electron chi connectivity index (χ1n) is 7.79. The van der Waals surface area contributed by atoms with Crippen LogP contribution in [0.1, 0.15) is 24.0 Å². The Kier molecular flexibility index (Phi) is 4.23. The smallest absolute Gasteiger partial charge is 0.227 e. The lowest BCUT2D eigenvalue weighted by molar-refractivity contribution is -0.131. The first kappa shape index (κ1) is 15.5. The highest BCUT2D eigenvalue weighted by Crippen LogP contribution is 2.31. The summed E-state index contributed by atoms with van der Waals surface area (Å²) in [6.07, 6.45) is 1.96. The van der Waals surface area contributed by atoms with Crippen LogP contribution in [-0.2, 0) is 21.2 Å². The largest absolute Gasteiger partial charge is 0.340 e. The monoisotopic (exact) mass is 322 g/mol. The minimum absolute atomic E-state index is 0.0778. The number of hydrogen-bond acceptors (Lipinski definition) is 3. The van der Waals surface area contributed by atoms with Crippen molar-refractivity contribution in [2.45, 2.75) is 31.4 Å². The van der Waals surface area contributed by atoms with Crippen molar-refractivity contribution >= 4 is 15.9 Å². The van der Waals surface area contributed by atoms with Crippen molar-refractivity contribution in [3.8, 4) is 0 Å². The van der Waals surface area contributed by atoms with Crippen LogP contribution in [0.5, 0.6) is 0 Å². The van der Waals surface area contributed by atoms with Gasteiger partial charge in [0.05, 0.1) is 11.7 Å². The topological polar surface area (TPSA) is 57.7 Å². The Morgan fingerprint density at radius 3 is 2.45 bits per heavy atom. The van der Waals surface area contributed by atoms with E-state index >= 15 is 0 Å². The van der Waals surface area contributed by atoms with Gasteiger partial charge in [0.1, 0.15) is 0 Å². The fraction of sp³-hybridized carbons (Fsp3) is 0.562. The Labute approximate surface area is 132 Å². The van der Waals surface area contributed by atoms with E-state index < -0.39 is 10.0 Å². The molecule has 1 aromatic rings. The second-order valence-corrected chi connectivity index (χ2v) is 8.40. The van der Waals surface area contributed by atoms with Gasteiger partial charge in [-0.2, -0.15) is 4.31 Å². The van der Waals surface area contributed by atoms with E-state index in [-0.39, 0.29) is 11.2 Å². The first-order valence-corrected chi connectivity index (χ1v) is 9.29. The molecule has 0 bridgehead atoms. The number of piperazine rings is 1. The van der Waals surface area contributed by atoms with Gasteiger partial charge in [-0.05, 0) is 25.3 Å². The molecule has 0 unspecified atom stereocenters. The molecule has 1 saturated carbocycles. The molecule has 0 spiro atoms. The molecule has 22 heavy (non-hydrogen) atoms. The zero-order chi connectivity index (χ0) is 15.7. The normalized spacial score (nSPS) is 20.1. The molecular weight excluding hydrogens is 300 g/mol. The predicted octanol–water partition coefficient (Wildman–Crippen LogP) is 1.17. The summed E-state index contributed by atoms with van der Waals surface area (Å²) < 4.78 is 25.9. The molecule has 5 nitrogen and oxygen atoms in total. The van der Waals surface area contributed by atoms with Crippen LogP contribution in [0, 0.1) is 6.92 Å². The molecule has 6 heteroatoms. The van der Waals surface area contributed by atoms with E-state index in [1.54, 1.807) is 9.21 Å². The molecule has 120 valence electrons. The Hall–Kier alpha value is -1.40. The highest BCUT2D eigenvalue weighted by Gasteiger charge is 2.41. The van der Waals surface area contributed by atoms with Crippen LogP contribution in [-0.4, -0.2) is 55.0 Å². The quantitative estimate of drug-likeness (QED) is 0.836. The SMILES string of the molecule is Cc1cccc(CC(=O)N2CCN(S(=O)(=O)C3CC3)CC2)c1. The lowest BCUT2D eigenvalue weighted by Crippen LogP contribution is -2.51. The van der Waals surface area contributed by atoms with Crippen molar-refractivity contribution in [1.29, 1.82) is 0 Å². The molecule has 1 amide bonds. The standard InChI is InChI=1S/C16H22N2O3S/c1-13-3-2-4-14(11-13)12-16(19)17-7-9-18(10-8-17)22(20,21)15-5-6-15/h2-4,11,15H,5-10,12H2,1H3. The van der Waals surface area contributed by atoms with Gasteiger partial charge in [0.2, 0.25) is 15.9 Å². The number of sulfonamides is 1. The number of carbonyl (C=O) groups is 1. The highest BCUT2D eigenvalue weighted by molar-refractivity contribution is 7.90. The zero-order valence-corrected chi connectivity index (χ0v) is 13.7. The van der Waals surface area contributed by atoms with Gasteiger partial charge in [0, 0.05) is 26.2 Å². The number of rotatable bonds is 4. The second-order valence-electron chi connectivity index (χ2n) is 6.19. The number of hydrogen-bond donors (Lipinski definition) is 0. The average molecular weight is 322 g/mol. The third kappa shape index (κ3) is 3.33. The molecular formula is C16H22N2O3S. The van der Waals surface area contributed by atoms with Gasteiger partial charge < -0.3 is 4.90 Å². The fourth-order valence-electron chi connectivity index (χ4n) is 2.88. The summed E-state index contributed by atoms with van der Waals surface area (Å²) in [7, 11) is -3.11. The third-order valence-corrected chi connectivity index (χ3v) is 6.73. The van der Waals surface area contributed by atoms with Crippen LogP contribution < -0.4 is 0 Å². The molecule has 1 saturated heterocycles. The zero-order valence-electron chi connectivity index (χ0n) is 12.9. The van der Waals surface area contributed by atoms with Crippen LogP contribution in [0.2, 0.25) is 0 Å². The molecule has 0 radical (unpaired) electrons. The third-order valence-electron chi connectivity index (χ3n) is 4.33. The minimum atomic E-state index is -3.11. The summed E-state index contributed by atoms with van der Waals surface area (Å²) in [4.78, 5) is 14.1. The van der Waals surface area contributed by atoms with E-state index in [9.17, 15) is 13.2 Å². The van der Waals surface area contributed by atoms with Gasteiger partial charge in [-0.3, -0.25) is 4.79 Å². The van der Waals surface area contributed by atoms with Crippen molar-refractivity contribution in [1.82, 2.24) is 9.21 Å². The van der Waals surface area contributed by atoms with Crippen LogP contribution >= 0.6 is 0 Å². The van der Waals surface area contributed by atoms with Gasteiger partial charge in [-0.15, -0.1) is 0 Å². The molecule has 3 rings (SSSR count). The van der Waals surface area contributed by atoms with Gasteiger partial charge >= 0.3 is 0 Å². The average Bonchev–Trinajstić information content (AvgIpc) is 3.32. The number of benzene rings is 1. The summed E-state index contributed by atoms with van der Waals surface area (Å²) in [6.45, 7) is 3.86. The molecule has 1 aliphatic heterocycles. The molecule has 0 atom stereocenters.